The summed E-state index contributed by atoms with van der Waals surface area (Å²) in [5.74, 6) is -0.904. The number of likely N-dealkylation sites (N-methyl/N-ethyl adjacent to an activating group) is 1. The van der Waals surface area contributed by atoms with E-state index in [0.717, 1.165) is 51.4 Å². The second kappa shape index (κ2) is 33.2. The molecule has 3 unspecified atom stereocenters. The first-order chi connectivity index (χ1) is 26.5. The van der Waals surface area contributed by atoms with Crippen LogP contribution in [-0.4, -0.2) is 82.2 Å². The molecule has 55 heavy (non-hydrogen) atoms. The van der Waals surface area contributed by atoms with Crippen molar-refractivity contribution >= 4 is 19.8 Å². The molecule has 0 aliphatic carbocycles. The Morgan fingerprint density at radius 2 is 1.16 bits per heavy atom. The molecule has 1 rings (SSSR count). The van der Waals surface area contributed by atoms with Gasteiger partial charge in [0.25, 0.3) is 7.82 Å². The number of rotatable bonds is 38. The molecule has 0 radical (unpaired) electrons. The smallest absolute Gasteiger partial charge is 0.306 e. The first-order valence-electron chi connectivity index (χ1n) is 21.8. The summed E-state index contributed by atoms with van der Waals surface area (Å²) in [5.41, 5.74) is 0. The fourth-order valence-electron chi connectivity index (χ4n) is 5.98. The Bertz CT molecular complexity index is 1100. The number of carbonyl (C=O) groups is 2. The standard InChI is InChI=1S/C44H80NO9P/c1-6-8-10-12-14-15-16-17-18-19-22-27-31-35-44(47)53-40(39-52-55(48,49)51-37-36-45(3,4)5)38-50-43(46)34-30-26-23-20-21-25-29-33-42-41(54-42)32-28-24-13-11-9-7-2/h20,23-25,28-29,40-42H,6-19,21-22,26-27,30-39H2,1-5H3/b23-20-,28-24-,29-25-/t40-,41?,42?/m1/s1. The van der Waals surface area contributed by atoms with Crippen molar-refractivity contribution in [2.45, 2.75) is 186 Å². The van der Waals surface area contributed by atoms with Crippen LogP contribution in [0.3, 0.4) is 0 Å². The zero-order valence-electron chi connectivity index (χ0n) is 35.6. The number of phosphoric acid groups is 1. The molecule has 1 aliphatic heterocycles. The van der Waals surface area contributed by atoms with Crippen LogP contribution >= 0.6 is 7.82 Å². The molecule has 10 nitrogen and oxygen atoms in total. The van der Waals surface area contributed by atoms with E-state index >= 15 is 0 Å². The van der Waals surface area contributed by atoms with Gasteiger partial charge in [-0.1, -0.05) is 140 Å². The van der Waals surface area contributed by atoms with Crippen LogP contribution in [-0.2, 0) is 37.4 Å². The maximum absolute atomic E-state index is 12.7. The fraction of sp³-hybridized carbons (Fsp3) is 0.818. The van der Waals surface area contributed by atoms with Gasteiger partial charge in [0.1, 0.15) is 19.8 Å². The molecular formula is C44H80NO9P. The zero-order chi connectivity index (χ0) is 40.5. The van der Waals surface area contributed by atoms with E-state index in [4.69, 9.17) is 23.3 Å². The predicted molar refractivity (Wildman–Crippen MR) is 221 cm³/mol. The Morgan fingerprint density at radius 3 is 1.78 bits per heavy atom. The molecule has 1 aliphatic rings. The SMILES string of the molecule is CCCCC/C=C\CC1OC1C/C=C\C/C=C\CCCC(=O)OC[C@H](COP(=O)([O-])OCC[N+](C)(C)C)OC(=O)CCCCCCCCCCCCCCC. The zero-order valence-corrected chi connectivity index (χ0v) is 36.5. The molecule has 320 valence electrons. The van der Waals surface area contributed by atoms with Crippen LogP contribution in [0.2, 0.25) is 0 Å². The lowest BCUT2D eigenvalue weighted by Gasteiger charge is -2.28. The van der Waals surface area contributed by atoms with Crippen LogP contribution in [0.4, 0.5) is 0 Å². The van der Waals surface area contributed by atoms with Crippen LogP contribution in [0.25, 0.3) is 0 Å². The van der Waals surface area contributed by atoms with Crippen LogP contribution in [0.15, 0.2) is 36.5 Å². The summed E-state index contributed by atoms with van der Waals surface area (Å²) < 4.78 is 39.6. The number of epoxide rings is 1. The number of nitrogens with zero attached hydrogens (tertiary/aromatic N) is 1. The van der Waals surface area contributed by atoms with Crippen LogP contribution in [0.1, 0.15) is 168 Å². The quantitative estimate of drug-likeness (QED) is 0.0150. The number of hydrogen-bond acceptors (Lipinski definition) is 9. The first-order valence-corrected chi connectivity index (χ1v) is 23.3. The molecular weight excluding hydrogens is 717 g/mol. The molecule has 0 aromatic carbocycles. The average molecular weight is 798 g/mol. The lowest BCUT2D eigenvalue weighted by molar-refractivity contribution is -0.870. The summed E-state index contributed by atoms with van der Waals surface area (Å²) in [7, 11) is 1.13. The van der Waals surface area contributed by atoms with E-state index in [1.165, 1.54) is 77.0 Å². The van der Waals surface area contributed by atoms with Gasteiger partial charge < -0.3 is 32.6 Å². The molecule has 11 heteroatoms. The molecule has 0 aromatic rings. The maximum atomic E-state index is 12.7. The van der Waals surface area contributed by atoms with Crippen molar-refractivity contribution in [3.63, 3.8) is 0 Å². The van der Waals surface area contributed by atoms with Gasteiger partial charge in [-0.15, -0.1) is 0 Å². The Morgan fingerprint density at radius 1 is 0.655 bits per heavy atom. The van der Waals surface area contributed by atoms with Crippen molar-refractivity contribution in [3.05, 3.63) is 36.5 Å². The molecule has 1 heterocycles. The molecule has 1 fully saturated rings. The Hall–Kier alpha value is -1.81. The van der Waals surface area contributed by atoms with E-state index in [1.54, 1.807) is 0 Å². The molecule has 0 saturated carbocycles. The second-order valence-corrected chi connectivity index (χ2v) is 17.5. The van der Waals surface area contributed by atoms with E-state index in [-0.39, 0.29) is 26.1 Å². The lowest BCUT2D eigenvalue weighted by Crippen LogP contribution is -2.37. The van der Waals surface area contributed by atoms with Gasteiger partial charge in [-0.2, -0.15) is 0 Å². The van der Waals surface area contributed by atoms with Gasteiger partial charge in [0.05, 0.1) is 40.0 Å². The van der Waals surface area contributed by atoms with Gasteiger partial charge in [0.15, 0.2) is 6.10 Å². The summed E-state index contributed by atoms with van der Waals surface area (Å²) in [6.45, 7) is 4.12. The highest BCUT2D eigenvalue weighted by Gasteiger charge is 2.36. The number of allylic oxidation sites excluding steroid dienone is 4. The highest BCUT2D eigenvalue weighted by molar-refractivity contribution is 7.45. The minimum absolute atomic E-state index is 0.0410. The number of unbranched alkanes of at least 4 members (excludes halogenated alkanes) is 16. The van der Waals surface area contributed by atoms with Crippen LogP contribution < -0.4 is 4.89 Å². The van der Waals surface area contributed by atoms with Gasteiger partial charge >= 0.3 is 11.9 Å². The van der Waals surface area contributed by atoms with Gasteiger partial charge in [-0.3, -0.25) is 14.2 Å². The van der Waals surface area contributed by atoms with E-state index in [0.29, 0.717) is 36.1 Å². The predicted octanol–water partition coefficient (Wildman–Crippen LogP) is 10.5. The van der Waals surface area contributed by atoms with E-state index in [2.05, 4.69) is 50.3 Å². The number of quaternary nitrogens is 1. The summed E-state index contributed by atoms with van der Waals surface area (Å²) in [5, 5.41) is 0. The Kier molecular flexibility index (Phi) is 30.9. The third kappa shape index (κ3) is 34.0. The summed E-state index contributed by atoms with van der Waals surface area (Å²) in [4.78, 5) is 37.5. The van der Waals surface area contributed by atoms with Gasteiger partial charge in [0.2, 0.25) is 0 Å². The van der Waals surface area contributed by atoms with Gasteiger partial charge in [-0.25, -0.2) is 0 Å². The highest BCUT2D eigenvalue weighted by Crippen LogP contribution is 2.38. The number of esters is 2. The second-order valence-electron chi connectivity index (χ2n) is 16.1. The fourth-order valence-corrected chi connectivity index (χ4v) is 6.71. The summed E-state index contributed by atoms with van der Waals surface area (Å²) >= 11 is 0. The molecule has 0 spiro atoms. The number of phosphoric ester groups is 1. The third-order valence-corrected chi connectivity index (χ3v) is 10.5. The molecule has 4 atom stereocenters. The van der Waals surface area contributed by atoms with Gasteiger partial charge in [0, 0.05) is 12.8 Å². The first kappa shape index (κ1) is 51.2. The van der Waals surface area contributed by atoms with E-state index in [9.17, 15) is 19.0 Å². The maximum Gasteiger partial charge on any atom is 0.306 e. The highest BCUT2D eigenvalue weighted by atomic mass is 31.2. The number of ether oxygens (including phenoxy) is 3. The normalized spacial score (nSPS) is 17.6. The molecule has 0 bridgehead atoms. The van der Waals surface area contributed by atoms with Crippen molar-refractivity contribution in [3.8, 4) is 0 Å². The summed E-state index contributed by atoms with van der Waals surface area (Å²) in [6, 6.07) is 0. The van der Waals surface area contributed by atoms with E-state index < -0.39 is 32.5 Å². The number of carbonyl (C=O) groups excluding carboxylic acids is 2. The monoisotopic (exact) mass is 798 g/mol. The van der Waals surface area contributed by atoms with Crippen molar-refractivity contribution in [2.75, 3.05) is 47.5 Å². The van der Waals surface area contributed by atoms with Crippen molar-refractivity contribution in [1.29, 1.82) is 0 Å². The van der Waals surface area contributed by atoms with Crippen LogP contribution in [0.5, 0.6) is 0 Å². The molecule has 1 saturated heterocycles. The lowest BCUT2D eigenvalue weighted by atomic mass is 10.0. The van der Waals surface area contributed by atoms with Crippen molar-refractivity contribution < 1.29 is 46.8 Å². The average Bonchev–Trinajstić information content (AvgIpc) is 3.89. The van der Waals surface area contributed by atoms with Crippen molar-refractivity contribution in [1.82, 2.24) is 0 Å². The number of hydrogen-bond donors (Lipinski definition) is 0. The minimum Gasteiger partial charge on any atom is -0.756 e. The molecule has 0 amide bonds. The topological polar surface area (TPSA) is 124 Å². The van der Waals surface area contributed by atoms with E-state index in [1.807, 2.05) is 21.1 Å². The Balaban J connectivity index is 2.32. The largest absolute Gasteiger partial charge is 0.756 e. The Labute approximate surface area is 336 Å². The summed E-state index contributed by atoms with van der Waals surface area (Å²) in [6.07, 6.45) is 37.7. The van der Waals surface area contributed by atoms with Gasteiger partial charge in [-0.05, 0) is 51.4 Å². The third-order valence-electron chi connectivity index (χ3n) is 9.57. The molecule has 0 N–H and O–H groups in total. The minimum atomic E-state index is -4.64. The van der Waals surface area contributed by atoms with Crippen LogP contribution in [0, 0.1) is 0 Å². The van der Waals surface area contributed by atoms with Crippen molar-refractivity contribution in [2.24, 2.45) is 0 Å². The molecule has 0 aromatic heterocycles.